The van der Waals surface area contributed by atoms with Crippen LogP contribution in [0.15, 0.2) is 77.9 Å². The highest BCUT2D eigenvalue weighted by molar-refractivity contribution is 5.97. The minimum atomic E-state index is -0.461. The van der Waals surface area contributed by atoms with Crippen LogP contribution in [0.2, 0.25) is 0 Å². The topological polar surface area (TPSA) is 73.7 Å². The molecule has 0 spiro atoms. The van der Waals surface area contributed by atoms with E-state index in [-0.39, 0.29) is 11.3 Å². The highest BCUT2D eigenvalue weighted by Gasteiger charge is 2.08. The zero-order chi connectivity index (χ0) is 18.4. The zero-order valence-electron chi connectivity index (χ0n) is 14.3. The lowest BCUT2D eigenvalue weighted by Crippen LogP contribution is -2.17. The van der Waals surface area contributed by atoms with E-state index in [1.54, 1.807) is 18.3 Å². The Morgan fingerprint density at radius 1 is 0.962 bits per heavy atom. The summed E-state index contributed by atoms with van der Waals surface area (Å²) in [5.74, 6) is -0.538. The van der Waals surface area contributed by atoms with Gasteiger partial charge in [-0.25, -0.2) is 5.43 Å². The molecule has 3 aromatic rings. The van der Waals surface area contributed by atoms with Crippen molar-refractivity contribution in [1.29, 1.82) is 0 Å². The molecule has 0 aliphatic rings. The van der Waals surface area contributed by atoms with Crippen LogP contribution in [0.25, 0.3) is 0 Å². The number of aromatic hydroxyl groups is 1. The number of para-hydroxylation sites is 2. The molecule has 0 saturated carbocycles. The summed E-state index contributed by atoms with van der Waals surface area (Å²) in [5.41, 5.74) is 6.63. The summed E-state index contributed by atoms with van der Waals surface area (Å²) < 4.78 is 0. The molecule has 5 nitrogen and oxygen atoms in total. The van der Waals surface area contributed by atoms with E-state index in [0.717, 1.165) is 16.9 Å². The molecular formula is C21H19N3O2. The van der Waals surface area contributed by atoms with Crippen molar-refractivity contribution < 1.29 is 9.90 Å². The van der Waals surface area contributed by atoms with Crippen LogP contribution in [0.5, 0.6) is 5.75 Å². The van der Waals surface area contributed by atoms with E-state index in [2.05, 4.69) is 28.8 Å². The number of phenolic OH excluding ortho intramolecular Hbond substituents is 1. The summed E-state index contributed by atoms with van der Waals surface area (Å²) in [5, 5.41) is 16.9. The molecule has 0 aliphatic heterocycles. The Kier molecular flexibility index (Phi) is 5.29. The van der Waals surface area contributed by atoms with E-state index >= 15 is 0 Å². The van der Waals surface area contributed by atoms with E-state index in [1.807, 2.05) is 42.5 Å². The Hall–Kier alpha value is -3.60. The molecule has 0 radical (unpaired) electrons. The summed E-state index contributed by atoms with van der Waals surface area (Å²) in [7, 11) is 0. The summed E-state index contributed by atoms with van der Waals surface area (Å²) in [6.45, 7) is 2.05. The van der Waals surface area contributed by atoms with Gasteiger partial charge in [0.2, 0.25) is 0 Å². The van der Waals surface area contributed by atoms with Crippen LogP contribution >= 0.6 is 0 Å². The van der Waals surface area contributed by atoms with Crippen LogP contribution in [0.3, 0.4) is 0 Å². The summed E-state index contributed by atoms with van der Waals surface area (Å²) in [4.78, 5) is 12.0. The van der Waals surface area contributed by atoms with Crippen LogP contribution in [0.1, 0.15) is 21.5 Å². The molecule has 0 unspecified atom stereocenters. The van der Waals surface area contributed by atoms with Crippen LogP contribution < -0.4 is 10.7 Å². The van der Waals surface area contributed by atoms with Crippen molar-refractivity contribution in [1.82, 2.24) is 5.43 Å². The van der Waals surface area contributed by atoms with Crippen LogP contribution in [-0.2, 0) is 0 Å². The van der Waals surface area contributed by atoms with Gasteiger partial charge in [-0.15, -0.1) is 0 Å². The Balaban J connectivity index is 1.61. The number of carbonyl (C=O) groups excluding carboxylic acids is 1. The predicted octanol–water partition coefficient (Wildman–Crippen LogP) is 4.21. The van der Waals surface area contributed by atoms with Crippen LogP contribution in [0, 0.1) is 6.92 Å². The number of amides is 1. The van der Waals surface area contributed by atoms with E-state index in [4.69, 9.17) is 0 Å². The monoisotopic (exact) mass is 345 g/mol. The lowest BCUT2D eigenvalue weighted by Gasteiger charge is -2.09. The van der Waals surface area contributed by atoms with Gasteiger partial charge in [-0.05, 0) is 48.4 Å². The first-order chi connectivity index (χ1) is 12.6. The van der Waals surface area contributed by atoms with Gasteiger partial charge in [-0.3, -0.25) is 4.79 Å². The van der Waals surface area contributed by atoms with E-state index < -0.39 is 5.91 Å². The van der Waals surface area contributed by atoms with Crippen molar-refractivity contribution >= 4 is 23.5 Å². The van der Waals surface area contributed by atoms with Gasteiger partial charge in [-0.2, -0.15) is 5.10 Å². The number of carbonyl (C=O) groups is 1. The average molecular weight is 345 g/mol. The molecule has 0 atom stereocenters. The standard InChI is InChI=1S/C21H19N3O2/c1-15-6-2-4-8-19(15)23-17-12-10-16(11-13-17)14-22-24-21(26)18-7-3-5-9-20(18)25/h2-14,23,25H,1H3,(H,24,26)/b22-14+. The fraction of sp³-hybridized carbons (Fsp3) is 0.0476. The van der Waals surface area contributed by atoms with Crippen LogP contribution in [0.4, 0.5) is 11.4 Å². The second-order valence-electron chi connectivity index (χ2n) is 5.78. The number of aryl methyl sites for hydroxylation is 1. The average Bonchev–Trinajstić information content (AvgIpc) is 2.65. The first kappa shape index (κ1) is 17.2. The van der Waals surface area contributed by atoms with E-state index in [9.17, 15) is 9.90 Å². The molecule has 0 saturated heterocycles. The van der Waals surface area contributed by atoms with Gasteiger partial charge in [0, 0.05) is 11.4 Å². The third kappa shape index (κ3) is 4.27. The lowest BCUT2D eigenvalue weighted by molar-refractivity contribution is 0.0952. The van der Waals surface area contributed by atoms with Crippen molar-refractivity contribution in [3.63, 3.8) is 0 Å². The molecule has 0 aromatic heterocycles. The summed E-state index contributed by atoms with van der Waals surface area (Å²) in [6.07, 6.45) is 1.55. The largest absolute Gasteiger partial charge is 0.507 e. The number of rotatable bonds is 5. The maximum absolute atomic E-state index is 12.0. The molecule has 1 amide bonds. The highest BCUT2D eigenvalue weighted by atomic mass is 16.3. The number of nitrogens with zero attached hydrogens (tertiary/aromatic N) is 1. The SMILES string of the molecule is Cc1ccccc1Nc1ccc(/C=N/NC(=O)c2ccccc2O)cc1. The van der Waals surface area contributed by atoms with Gasteiger partial charge >= 0.3 is 0 Å². The van der Waals surface area contributed by atoms with Gasteiger partial charge in [0.25, 0.3) is 5.91 Å². The number of benzene rings is 3. The van der Waals surface area contributed by atoms with E-state index in [1.165, 1.54) is 17.7 Å². The van der Waals surface area contributed by atoms with Gasteiger partial charge in [0.15, 0.2) is 0 Å². The minimum absolute atomic E-state index is 0.0770. The number of anilines is 2. The van der Waals surface area contributed by atoms with Crippen molar-refractivity contribution in [2.75, 3.05) is 5.32 Å². The fourth-order valence-corrected chi connectivity index (χ4v) is 2.41. The molecule has 0 heterocycles. The lowest BCUT2D eigenvalue weighted by atomic mass is 10.2. The normalized spacial score (nSPS) is 10.7. The number of phenols is 1. The second-order valence-corrected chi connectivity index (χ2v) is 5.78. The molecule has 0 aliphatic carbocycles. The fourth-order valence-electron chi connectivity index (χ4n) is 2.41. The Labute approximate surface area is 152 Å². The van der Waals surface area contributed by atoms with E-state index in [0.29, 0.717) is 0 Å². The molecule has 3 rings (SSSR count). The number of hydrogen-bond acceptors (Lipinski definition) is 4. The Morgan fingerprint density at radius 2 is 1.65 bits per heavy atom. The van der Waals surface area contributed by atoms with Gasteiger partial charge < -0.3 is 10.4 Å². The first-order valence-electron chi connectivity index (χ1n) is 8.17. The third-order valence-corrected chi connectivity index (χ3v) is 3.86. The molecule has 130 valence electrons. The quantitative estimate of drug-likeness (QED) is 0.479. The molecule has 0 fully saturated rings. The molecule has 3 N–H and O–H groups in total. The summed E-state index contributed by atoms with van der Waals surface area (Å²) >= 11 is 0. The van der Waals surface area contributed by atoms with Gasteiger partial charge in [0.1, 0.15) is 5.75 Å². The number of hydrazone groups is 1. The first-order valence-corrected chi connectivity index (χ1v) is 8.17. The minimum Gasteiger partial charge on any atom is -0.507 e. The highest BCUT2D eigenvalue weighted by Crippen LogP contribution is 2.20. The molecular weight excluding hydrogens is 326 g/mol. The molecule has 26 heavy (non-hydrogen) atoms. The van der Waals surface area contributed by atoms with Gasteiger partial charge in [-0.1, -0.05) is 42.5 Å². The molecule has 0 bridgehead atoms. The predicted molar refractivity (Wildman–Crippen MR) is 104 cm³/mol. The zero-order valence-corrected chi connectivity index (χ0v) is 14.3. The summed E-state index contributed by atoms with van der Waals surface area (Å²) in [6, 6.07) is 22.1. The second kappa shape index (κ2) is 7.98. The molecule has 5 heteroatoms. The van der Waals surface area contributed by atoms with Crippen molar-refractivity contribution in [3.8, 4) is 5.75 Å². The van der Waals surface area contributed by atoms with Crippen molar-refractivity contribution in [2.45, 2.75) is 6.92 Å². The molecule has 3 aromatic carbocycles. The van der Waals surface area contributed by atoms with Crippen LogP contribution in [-0.4, -0.2) is 17.2 Å². The Morgan fingerprint density at radius 3 is 2.38 bits per heavy atom. The Bertz CT molecular complexity index is 934. The van der Waals surface area contributed by atoms with Crippen molar-refractivity contribution in [3.05, 3.63) is 89.5 Å². The van der Waals surface area contributed by atoms with Crippen molar-refractivity contribution in [2.24, 2.45) is 5.10 Å². The maximum atomic E-state index is 12.0. The van der Waals surface area contributed by atoms with Gasteiger partial charge in [0.05, 0.1) is 11.8 Å². The maximum Gasteiger partial charge on any atom is 0.275 e. The smallest absolute Gasteiger partial charge is 0.275 e. The third-order valence-electron chi connectivity index (χ3n) is 3.86. The number of nitrogens with one attached hydrogen (secondary N) is 2. The number of hydrogen-bond donors (Lipinski definition) is 3.